The normalized spacial score (nSPS) is 16.3. The lowest BCUT2D eigenvalue weighted by Crippen LogP contribution is -2.28. The first-order valence-corrected chi connectivity index (χ1v) is 6.87. The lowest BCUT2D eigenvalue weighted by molar-refractivity contribution is -0.152. The standard InChI is InChI=1S/C14H28O3/c1-5-7-10-17-14(16)12(4)13(15)9-8-11(3)6-2/h11-13,15H,5-10H2,1-4H3/t11-,12-,13-/m0/s1. The van der Waals surface area contributed by atoms with Crippen LogP contribution in [0.15, 0.2) is 0 Å². The molecule has 0 aromatic rings. The first kappa shape index (κ1) is 16.4. The summed E-state index contributed by atoms with van der Waals surface area (Å²) >= 11 is 0. The van der Waals surface area contributed by atoms with Gasteiger partial charge in [0.15, 0.2) is 0 Å². The van der Waals surface area contributed by atoms with Gasteiger partial charge in [-0.1, -0.05) is 33.6 Å². The summed E-state index contributed by atoms with van der Waals surface area (Å²) in [5, 5.41) is 9.89. The average Bonchev–Trinajstić information content (AvgIpc) is 2.34. The van der Waals surface area contributed by atoms with Gasteiger partial charge in [0.25, 0.3) is 0 Å². The molecule has 0 aliphatic rings. The van der Waals surface area contributed by atoms with E-state index in [0.29, 0.717) is 18.9 Å². The number of esters is 1. The molecule has 1 N–H and O–H groups in total. The van der Waals surface area contributed by atoms with Crippen LogP contribution in [-0.2, 0) is 9.53 Å². The molecule has 0 aliphatic carbocycles. The van der Waals surface area contributed by atoms with Gasteiger partial charge in [-0.15, -0.1) is 0 Å². The van der Waals surface area contributed by atoms with Gasteiger partial charge in [-0.3, -0.25) is 4.79 Å². The monoisotopic (exact) mass is 244 g/mol. The summed E-state index contributed by atoms with van der Waals surface area (Å²) in [6.45, 7) is 8.57. The van der Waals surface area contributed by atoms with E-state index in [9.17, 15) is 9.90 Å². The molecule has 0 bridgehead atoms. The number of hydrogen-bond donors (Lipinski definition) is 1. The quantitative estimate of drug-likeness (QED) is 0.500. The number of aliphatic hydroxyl groups is 1. The van der Waals surface area contributed by atoms with E-state index in [4.69, 9.17) is 4.74 Å². The van der Waals surface area contributed by atoms with E-state index in [0.717, 1.165) is 25.7 Å². The second kappa shape index (κ2) is 9.46. The lowest BCUT2D eigenvalue weighted by atomic mass is 9.95. The highest BCUT2D eigenvalue weighted by Crippen LogP contribution is 2.16. The molecule has 0 aromatic heterocycles. The van der Waals surface area contributed by atoms with E-state index in [1.807, 2.05) is 0 Å². The van der Waals surface area contributed by atoms with Crippen LogP contribution >= 0.6 is 0 Å². The van der Waals surface area contributed by atoms with Crippen molar-refractivity contribution >= 4 is 5.97 Å². The molecule has 0 unspecified atom stereocenters. The Bertz CT molecular complexity index is 204. The van der Waals surface area contributed by atoms with E-state index in [1.165, 1.54) is 0 Å². The van der Waals surface area contributed by atoms with E-state index in [2.05, 4.69) is 20.8 Å². The molecule has 0 rings (SSSR count). The summed E-state index contributed by atoms with van der Waals surface area (Å²) in [5.41, 5.74) is 0. The molecule has 3 nitrogen and oxygen atoms in total. The molecule has 3 atom stereocenters. The Morgan fingerprint density at radius 2 is 1.88 bits per heavy atom. The highest BCUT2D eigenvalue weighted by atomic mass is 16.5. The van der Waals surface area contributed by atoms with Gasteiger partial charge in [0, 0.05) is 0 Å². The fraction of sp³-hybridized carbons (Fsp3) is 0.929. The third-order valence-corrected chi connectivity index (χ3v) is 3.34. The predicted molar refractivity (Wildman–Crippen MR) is 69.7 cm³/mol. The second-order valence-electron chi connectivity index (χ2n) is 4.97. The first-order valence-electron chi connectivity index (χ1n) is 6.87. The van der Waals surface area contributed by atoms with Crippen molar-refractivity contribution < 1.29 is 14.6 Å². The Morgan fingerprint density at radius 3 is 2.41 bits per heavy atom. The smallest absolute Gasteiger partial charge is 0.311 e. The van der Waals surface area contributed by atoms with Crippen LogP contribution in [0, 0.1) is 11.8 Å². The Kier molecular flexibility index (Phi) is 9.14. The van der Waals surface area contributed by atoms with Crippen LogP contribution < -0.4 is 0 Å². The first-order chi connectivity index (χ1) is 8.02. The highest BCUT2D eigenvalue weighted by molar-refractivity contribution is 5.72. The molecule has 0 heterocycles. The summed E-state index contributed by atoms with van der Waals surface area (Å²) in [6.07, 6.45) is 4.09. The molecule has 0 saturated heterocycles. The molecule has 0 saturated carbocycles. The maximum atomic E-state index is 11.6. The van der Waals surface area contributed by atoms with E-state index in [-0.39, 0.29) is 5.97 Å². The van der Waals surface area contributed by atoms with Crippen molar-refractivity contribution in [3.63, 3.8) is 0 Å². The van der Waals surface area contributed by atoms with Gasteiger partial charge in [-0.2, -0.15) is 0 Å². The minimum absolute atomic E-state index is 0.268. The molecule has 3 heteroatoms. The zero-order chi connectivity index (χ0) is 13.3. The van der Waals surface area contributed by atoms with E-state index >= 15 is 0 Å². The Morgan fingerprint density at radius 1 is 1.24 bits per heavy atom. The van der Waals surface area contributed by atoms with Crippen molar-refractivity contribution in [2.24, 2.45) is 11.8 Å². The molecule has 0 aromatic carbocycles. The van der Waals surface area contributed by atoms with Crippen molar-refractivity contribution in [3.05, 3.63) is 0 Å². The van der Waals surface area contributed by atoms with Gasteiger partial charge in [-0.25, -0.2) is 0 Å². The molecular formula is C14H28O3. The van der Waals surface area contributed by atoms with Crippen LogP contribution in [0.25, 0.3) is 0 Å². The lowest BCUT2D eigenvalue weighted by Gasteiger charge is -2.19. The zero-order valence-electron chi connectivity index (χ0n) is 11.7. The number of aliphatic hydroxyl groups excluding tert-OH is 1. The van der Waals surface area contributed by atoms with Crippen molar-refractivity contribution in [2.45, 2.75) is 65.9 Å². The van der Waals surface area contributed by atoms with Crippen LogP contribution in [0.5, 0.6) is 0 Å². The summed E-state index contributed by atoms with van der Waals surface area (Å²) in [5.74, 6) is -0.0704. The Labute approximate surface area is 106 Å². The van der Waals surface area contributed by atoms with Crippen LogP contribution in [0.1, 0.15) is 59.8 Å². The Balaban J connectivity index is 3.85. The Hall–Kier alpha value is -0.570. The van der Waals surface area contributed by atoms with Gasteiger partial charge in [-0.05, 0) is 32.1 Å². The minimum Gasteiger partial charge on any atom is -0.465 e. The van der Waals surface area contributed by atoms with Crippen molar-refractivity contribution in [3.8, 4) is 0 Å². The van der Waals surface area contributed by atoms with E-state index in [1.54, 1.807) is 6.92 Å². The van der Waals surface area contributed by atoms with Gasteiger partial charge >= 0.3 is 5.97 Å². The van der Waals surface area contributed by atoms with Gasteiger partial charge in [0.05, 0.1) is 18.6 Å². The van der Waals surface area contributed by atoms with Gasteiger partial charge in [0.2, 0.25) is 0 Å². The average molecular weight is 244 g/mol. The summed E-state index contributed by atoms with van der Waals surface area (Å²) in [6, 6.07) is 0. The van der Waals surface area contributed by atoms with Crippen molar-refractivity contribution in [1.82, 2.24) is 0 Å². The maximum Gasteiger partial charge on any atom is 0.311 e. The van der Waals surface area contributed by atoms with Crippen molar-refractivity contribution in [2.75, 3.05) is 6.61 Å². The fourth-order valence-electron chi connectivity index (χ4n) is 1.52. The van der Waals surface area contributed by atoms with E-state index < -0.39 is 12.0 Å². The number of unbranched alkanes of at least 4 members (excludes halogenated alkanes) is 1. The van der Waals surface area contributed by atoms with Crippen LogP contribution in [0.3, 0.4) is 0 Å². The number of hydrogen-bond acceptors (Lipinski definition) is 3. The third-order valence-electron chi connectivity index (χ3n) is 3.34. The minimum atomic E-state index is -0.571. The molecule has 0 spiro atoms. The number of ether oxygens (including phenoxy) is 1. The van der Waals surface area contributed by atoms with Gasteiger partial charge < -0.3 is 9.84 Å². The molecule has 17 heavy (non-hydrogen) atoms. The molecule has 0 aliphatic heterocycles. The van der Waals surface area contributed by atoms with Gasteiger partial charge in [0.1, 0.15) is 0 Å². The number of carbonyl (C=O) groups is 1. The molecule has 0 fully saturated rings. The number of carbonyl (C=O) groups excluding carboxylic acids is 1. The largest absolute Gasteiger partial charge is 0.465 e. The van der Waals surface area contributed by atoms with Crippen molar-refractivity contribution in [1.29, 1.82) is 0 Å². The molecule has 0 amide bonds. The summed E-state index contributed by atoms with van der Waals surface area (Å²) in [4.78, 5) is 11.6. The van der Waals surface area contributed by atoms with Crippen LogP contribution in [0.4, 0.5) is 0 Å². The maximum absolute atomic E-state index is 11.6. The second-order valence-corrected chi connectivity index (χ2v) is 4.97. The summed E-state index contributed by atoms with van der Waals surface area (Å²) < 4.78 is 5.10. The molecular weight excluding hydrogens is 216 g/mol. The third kappa shape index (κ3) is 7.37. The molecule has 0 radical (unpaired) electrons. The SMILES string of the molecule is CCCCOC(=O)[C@@H](C)[C@@H](O)CC[C@@H](C)CC. The number of rotatable bonds is 9. The highest BCUT2D eigenvalue weighted by Gasteiger charge is 2.23. The fourth-order valence-corrected chi connectivity index (χ4v) is 1.52. The zero-order valence-corrected chi connectivity index (χ0v) is 11.7. The predicted octanol–water partition coefficient (Wildman–Crippen LogP) is 3.15. The van der Waals surface area contributed by atoms with Crippen LogP contribution in [-0.4, -0.2) is 23.8 Å². The molecule has 102 valence electrons. The summed E-state index contributed by atoms with van der Waals surface area (Å²) in [7, 11) is 0. The van der Waals surface area contributed by atoms with Crippen LogP contribution in [0.2, 0.25) is 0 Å². The topological polar surface area (TPSA) is 46.5 Å².